The lowest BCUT2D eigenvalue weighted by molar-refractivity contribution is -0.384. The highest BCUT2D eigenvalue weighted by atomic mass is 79.9. The summed E-state index contributed by atoms with van der Waals surface area (Å²) in [4.78, 5) is 10.3. The molecule has 1 rings (SSSR count). The number of nitro benzene ring substituents is 1. The van der Waals surface area contributed by atoms with Crippen molar-refractivity contribution in [3.63, 3.8) is 0 Å². The second-order valence-electron chi connectivity index (χ2n) is 2.95. The number of hydrogen-bond acceptors (Lipinski definition) is 3. The van der Waals surface area contributed by atoms with Gasteiger partial charge in [-0.15, -0.1) is 6.42 Å². The highest BCUT2D eigenvalue weighted by molar-refractivity contribution is 9.10. The number of halogens is 1. The summed E-state index contributed by atoms with van der Waals surface area (Å²) in [5, 5.41) is 13.6. The molecule has 1 aromatic rings. The van der Waals surface area contributed by atoms with Gasteiger partial charge in [-0.1, -0.05) is 21.9 Å². The number of nitrogens with one attached hydrogen (secondary N) is 1. The molecule has 0 aromatic heterocycles. The smallest absolute Gasteiger partial charge is 0.293 e. The van der Waals surface area contributed by atoms with Crippen LogP contribution in [0.25, 0.3) is 0 Å². The van der Waals surface area contributed by atoms with Crippen LogP contribution in [0, 0.1) is 22.5 Å². The number of nitrogens with zero attached hydrogens (tertiary/aromatic N) is 1. The number of anilines is 1. The Labute approximate surface area is 96.0 Å². The van der Waals surface area contributed by atoms with Crippen molar-refractivity contribution in [3.05, 3.63) is 32.8 Å². The molecule has 1 atom stereocenters. The summed E-state index contributed by atoms with van der Waals surface area (Å²) in [6.07, 6.45) is 5.18. The molecule has 0 spiro atoms. The van der Waals surface area contributed by atoms with Gasteiger partial charge in [-0.05, 0) is 19.1 Å². The lowest BCUT2D eigenvalue weighted by Gasteiger charge is -2.09. The predicted octanol–water partition coefficient (Wildman–Crippen LogP) is 2.79. The Bertz CT molecular complexity index is 426. The van der Waals surface area contributed by atoms with Crippen molar-refractivity contribution >= 4 is 27.3 Å². The zero-order valence-electron chi connectivity index (χ0n) is 8.03. The number of rotatable bonds is 3. The fourth-order valence-electron chi connectivity index (χ4n) is 1.05. The summed E-state index contributed by atoms with van der Waals surface area (Å²) in [5.74, 6) is 2.45. The predicted molar refractivity (Wildman–Crippen MR) is 62.7 cm³/mol. The van der Waals surface area contributed by atoms with E-state index in [0.717, 1.165) is 0 Å². The summed E-state index contributed by atoms with van der Waals surface area (Å²) in [6.45, 7) is 1.76. The molecular formula is C10H9BrN2O2. The van der Waals surface area contributed by atoms with Gasteiger partial charge < -0.3 is 5.32 Å². The van der Waals surface area contributed by atoms with Crippen molar-refractivity contribution in [2.24, 2.45) is 0 Å². The van der Waals surface area contributed by atoms with Gasteiger partial charge in [0, 0.05) is 10.5 Å². The Morgan fingerprint density at radius 3 is 2.87 bits per heavy atom. The number of nitro groups is 1. The van der Waals surface area contributed by atoms with E-state index in [1.54, 1.807) is 19.1 Å². The van der Waals surface area contributed by atoms with E-state index in [0.29, 0.717) is 10.2 Å². The van der Waals surface area contributed by atoms with E-state index in [9.17, 15) is 10.1 Å². The maximum Gasteiger partial charge on any atom is 0.293 e. The number of terminal acetylenes is 1. The summed E-state index contributed by atoms with van der Waals surface area (Å²) >= 11 is 3.18. The number of benzene rings is 1. The molecular weight excluding hydrogens is 260 g/mol. The Morgan fingerprint density at radius 1 is 1.67 bits per heavy atom. The third-order valence-electron chi connectivity index (χ3n) is 1.78. The molecule has 0 aliphatic rings. The molecule has 4 nitrogen and oxygen atoms in total. The summed E-state index contributed by atoms with van der Waals surface area (Å²) < 4.78 is 0.660. The van der Waals surface area contributed by atoms with Crippen LogP contribution in [-0.2, 0) is 0 Å². The molecule has 0 fully saturated rings. The molecule has 0 aliphatic carbocycles. The van der Waals surface area contributed by atoms with Crippen LogP contribution in [0.3, 0.4) is 0 Å². The van der Waals surface area contributed by atoms with Gasteiger partial charge in [-0.25, -0.2) is 0 Å². The second kappa shape index (κ2) is 4.80. The van der Waals surface area contributed by atoms with Crippen molar-refractivity contribution in [3.8, 4) is 12.3 Å². The summed E-state index contributed by atoms with van der Waals surface area (Å²) in [5.41, 5.74) is 0.431. The minimum Gasteiger partial charge on any atom is -0.366 e. The van der Waals surface area contributed by atoms with Gasteiger partial charge in [0.2, 0.25) is 0 Å². The van der Waals surface area contributed by atoms with Gasteiger partial charge in [-0.3, -0.25) is 10.1 Å². The van der Waals surface area contributed by atoms with E-state index >= 15 is 0 Å². The molecule has 1 aromatic carbocycles. The largest absolute Gasteiger partial charge is 0.366 e. The SMILES string of the molecule is C#CC(C)Nc1ccc(Br)cc1[N+](=O)[O-]. The molecule has 0 radical (unpaired) electrons. The van der Waals surface area contributed by atoms with Gasteiger partial charge in [0.1, 0.15) is 5.69 Å². The quantitative estimate of drug-likeness (QED) is 0.521. The van der Waals surface area contributed by atoms with Crippen LogP contribution in [0.4, 0.5) is 11.4 Å². The first-order valence-electron chi connectivity index (χ1n) is 4.21. The zero-order valence-corrected chi connectivity index (χ0v) is 9.61. The van der Waals surface area contributed by atoms with Gasteiger partial charge in [0.05, 0.1) is 11.0 Å². The molecule has 0 aliphatic heterocycles. The van der Waals surface area contributed by atoms with Gasteiger partial charge in [0.25, 0.3) is 5.69 Å². The van der Waals surface area contributed by atoms with Crippen LogP contribution in [-0.4, -0.2) is 11.0 Å². The molecule has 1 unspecified atom stereocenters. The first-order chi connectivity index (χ1) is 7.04. The molecule has 78 valence electrons. The van der Waals surface area contributed by atoms with Crippen LogP contribution >= 0.6 is 15.9 Å². The standard InChI is InChI=1S/C10H9BrN2O2/c1-3-7(2)12-9-5-4-8(11)6-10(9)13(14)15/h1,4-7,12H,2H3. The molecule has 1 N–H and O–H groups in total. The zero-order chi connectivity index (χ0) is 11.4. The summed E-state index contributed by atoms with van der Waals surface area (Å²) in [6, 6.07) is 4.53. The average Bonchev–Trinajstić information content (AvgIpc) is 2.20. The third kappa shape index (κ3) is 2.96. The molecule has 0 bridgehead atoms. The highest BCUT2D eigenvalue weighted by Crippen LogP contribution is 2.28. The molecule has 15 heavy (non-hydrogen) atoms. The Kier molecular flexibility index (Phi) is 3.69. The first-order valence-corrected chi connectivity index (χ1v) is 5.00. The minimum absolute atomic E-state index is 0.00600. The number of hydrogen-bond donors (Lipinski definition) is 1. The Balaban J connectivity index is 3.07. The van der Waals surface area contributed by atoms with E-state index in [-0.39, 0.29) is 11.7 Å². The molecule has 0 amide bonds. The van der Waals surface area contributed by atoms with Crippen molar-refractivity contribution in [1.82, 2.24) is 0 Å². The molecule has 0 saturated heterocycles. The normalized spacial score (nSPS) is 11.5. The fourth-order valence-corrected chi connectivity index (χ4v) is 1.40. The van der Waals surface area contributed by atoms with E-state index in [1.807, 2.05) is 0 Å². The van der Waals surface area contributed by atoms with Crippen LogP contribution in [0.5, 0.6) is 0 Å². The van der Waals surface area contributed by atoms with E-state index in [2.05, 4.69) is 27.2 Å². The first kappa shape index (κ1) is 11.5. The van der Waals surface area contributed by atoms with Crippen LogP contribution in [0.1, 0.15) is 6.92 Å². The molecule has 5 heteroatoms. The van der Waals surface area contributed by atoms with E-state index in [4.69, 9.17) is 6.42 Å². The van der Waals surface area contributed by atoms with Crippen LogP contribution in [0.2, 0.25) is 0 Å². The lowest BCUT2D eigenvalue weighted by Crippen LogP contribution is -2.13. The maximum absolute atomic E-state index is 10.7. The monoisotopic (exact) mass is 268 g/mol. The minimum atomic E-state index is -0.448. The van der Waals surface area contributed by atoms with E-state index < -0.39 is 4.92 Å². The van der Waals surface area contributed by atoms with Crippen molar-refractivity contribution < 1.29 is 4.92 Å². The van der Waals surface area contributed by atoms with Crippen molar-refractivity contribution in [1.29, 1.82) is 0 Å². The Morgan fingerprint density at radius 2 is 2.33 bits per heavy atom. The van der Waals surface area contributed by atoms with Gasteiger partial charge in [0.15, 0.2) is 0 Å². The van der Waals surface area contributed by atoms with Crippen LogP contribution in [0.15, 0.2) is 22.7 Å². The third-order valence-corrected chi connectivity index (χ3v) is 2.27. The van der Waals surface area contributed by atoms with Crippen LogP contribution < -0.4 is 5.32 Å². The maximum atomic E-state index is 10.7. The van der Waals surface area contributed by atoms with Crippen molar-refractivity contribution in [2.45, 2.75) is 13.0 Å². The van der Waals surface area contributed by atoms with Gasteiger partial charge >= 0.3 is 0 Å². The molecule has 0 saturated carbocycles. The second-order valence-corrected chi connectivity index (χ2v) is 3.87. The lowest BCUT2D eigenvalue weighted by atomic mass is 10.2. The average molecular weight is 269 g/mol. The molecule has 0 heterocycles. The topological polar surface area (TPSA) is 55.2 Å². The Hall–Kier alpha value is -1.54. The fraction of sp³-hybridized carbons (Fsp3) is 0.200. The highest BCUT2D eigenvalue weighted by Gasteiger charge is 2.14. The van der Waals surface area contributed by atoms with Crippen molar-refractivity contribution in [2.75, 3.05) is 5.32 Å². The van der Waals surface area contributed by atoms with Gasteiger partial charge in [-0.2, -0.15) is 0 Å². The van der Waals surface area contributed by atoms with E-state index in [1.165, 1.54) is 6.07 Å². The summed E-state index contributed by atoms with van der Waals surface area (Å²) in [7, 11) is 0.